The Balaban J connectivity index is 1.93. The van der Waals surface area contributed by atoms with E-state index in [-0.39, 0.29) is 29.9 Å². The Morgan fingerprint density at radius 2 is 1.94 bits per heavy atom. The smallest absolute Gasteiger partial charge is 0.288 e. The van der Waals surface area contributed by atoms with Gasteiger partial charge in [-0.2, -0.15) is 0 Å². The van der Waals surface area contributed by atoms with Crippen molar-refractivity contribution < 1.29 is 14.4 Å². The third kappa shape index (κ3) is 2.98. The fourth-order valence-corrected chi connectivity index (χ4v) is 2.54. The van der Waals surface area contributed by atoms with Crippen LogP contribution in [0.3, 0.4) is 0 Å². The van der Waals surface area contributed by atoms with E-state index in [1.807, 2.05) is 6.07 Å². The largest absolute Gasteiger partial charge is 0.294 e. The van der Waals surface area contributed by atoms with Gasteiger partial charge in [0.1, 0.15) is 0 Å². The van der Waals surface area contributed by atoms with Crippen molar-refractivity contribution >= 4 is 28.7 Å². The second-order valence-electron chi connectivity index (χ2n) is 3.95. The van der Waals surface area contributed by atoms with Gasteiger partial charge in [0.15, 0.2) is 5.78 Å². The quantitative estimate of drug-likeness (QED) is 0.782. The first-order valence-electron chi connectivity index (χ1n) is 5.74. The molecule has 4 nitrogen and oxygen atoms in total. The fraction of sp³-hybridized carbons (Fsp3) is 0.308. The molecule has 2 amide bonds. The Bertz CT molecular complexity index is 456. The van der Waals surface area contributed by atoms with Crippen LogP contribution in [0.15, 0.2) is 30.3 Å². The number of nitrogens with zero attached hydrogens (tertiary/aromatic N) is 1. The SMILES string of the molecule is O=C(CCN1C(=O)CCSC1=O)c1ccccc1. The van der Waals surface area contributed by atoms with E-state index < -0.39 is 0 Å². The number of imide groups is 1. The van der Waals surface area contributed by atoms with E-state index in [0.717, 1.165) is 11.8 Å². The van der Waals surface area contributed by atoms with Crippen molar-refractivity contribution in [3.05, 3.63) is 35.9 Å². The summed E-state index contributed by atoms with van der Waals surface area (Å²) in [5.74, 6) is 0.312. The van der Waals surface area contributed by atoms with E-state index >= 15 is 0 Å². The van der Waals surface area contributed by atoms with Gasteiger partial charge in [-0.3, -0.25) is 19.3 Å². The molecule has 0 bridgehead atoms. The van der Waals surface area contributed by atoms with Crippen molar-refractivity contribution in [1.82, 2.24) is 4.90 Å². The standard InChI is InChI=1S/C13H13NO3S/c15-11(10-4-2-1-3-5-10)6-8-14-12(16)7-9-18-13(14)17/h1-5H,6-9H2. The average molecular weight is 263 g/mol. The number of Topliss-reactive ketones (excluding diaryl/α,β-unsaturated/α-hetero) is 1. The van der Waals surface area contributed by atoms with Crippen LogP contribution in [0.2, 0.25) is 0 Å². The molecule has 0 spiro atoms. The molecular weight excluding hydrogens is 250 g/mol. The van der Waals surface area contributed by atoms with Gasteiger partial charge in [-0.05, 0) is 0 Å². The number of rotatable bonds is 4. The number of ketones is 1. The summed E-state index contributed by atoms with van der Waals surface area (Å²) in [6.45, 7) is 0.179. The van der Waals surface area contributed by atoms with Crippen LogP contribution in [0.5, 0.6) is 0 Å². The van der Waals surface area contributed by atoms with Crippen molar-refractivity contribution in [1.29, 1.82) is 0 Å². The first kappa shape index (κ1) is 12.8. The van der Waals surface area contributed by atoms with Crippen LogP contribution in [0.1, 0.15) is 23.2 Å². The molecule has 1 heterocycles. The first-order chi connectivity index (χ1) is 8.68. The minimum Gasteiger partial charge on any atom is -0.294 e. The fourth-order valence-electron chi connectivity index (χ4n) is 1.74. The zero-order valence-electron chi connectivity index (χ0n) is 9.80. The number of hydrogen-bond donors (Lipinski definition) is 0. The maximum atomic E-state index is 11.8. The second kappa shape index (κ2) is 5.82. The molecule has 18 heavy (non-hydrogen) atoms. The van der Waals surface area contributed by atoms with Crippen LogP contribution in [0.25, 0.3) is 0 Å². The Hall–Kier alpha value is -1.62. The Kier molecular flexibility index (Phi) is 4.15. The molecule has 1 aromatic rings. The normalized spacial score (nSPS) is 15.9. The molecule has 0 aromatic heterocycles. The minimum absolute atomic E-state index is 0.0493. The van der Waals surface area contributed by atoms with E-state index in [4.69, 9.17) is 0 Å². The lowest BCUT2D eigenvalue weighted by atomic mass is 10.1. The highest BCUT2D eigenvalue weighted by Crippen LogP contribution is 2.18. The molecule has 0 radical (unpaired) electrons. The van der Waals surface area contributed by atoms with E-state index in [9.17, 15) is 14.4 Å². The summed E-state index contributed by atoms with van der Waals surface area (Å²) in [6, 6.07) is 8.89. The molecule has 1 aliphatic heterocycles. The third-order valence-corrected chi connectivity index (χ3v) is 3.60. The molecule has 94 valence electrons. The van der Waals surface area contributed by atoms with Gasteiger partial charge in [-0.15, -0.1) is 0 Å². The van der Waals surface area contributed by atoms with Crippen molar-refractivity contribution in [3.63, 3.8) is 0 Å². The molecule has 1 aromatic carbocycles. The van der Waals surface area contributed by atoms with Gasteiger partial charge in [-0.1, -0.05) is 42.1 Å². The number of hydrogen-bond acceptors (Lipinski definition) is 4. The molecule has 0 N–H and O–H groups in total. The summed E-state index contributed by atoms with van der Waals surface area (Å²) in [5, 5.41) is -0.243. The Morgan fingerprint density at radius 1 is 1.22 bits per heavy atom. The zero-order chi connectivity index (χ0) is 13.0. The molecule has 1 fully saturated rings. The molecule has 1 aliphatic rings. The van der Waals surface area contributed by atoms with Crippen molar-refractivity contribution in [2.45, 2.75) is 12.8 Å². The summed E-state index contributed by atoms with van der Waals surface area (Å²) in [7, 11) is 0. The zero-order valence-corrected chi connectivity index (χ0v) is 10.6. The molecule has 2 rings (SSSR count). The van der Waals surface area contributed by atoms with E-state index in [1.165, 1.54) is 4.90 Å². The third-order valence-electron chi connectivity index (χ3n) is 2.72. The maximum absolute atomic E-state index is 11.8. The van der Waals surface area contributed by atoms with Crippen molar-refractivity contribution in [3.8, 4) is 0 Å². The number of carbonyl (C=O) groups excluding carboxylic acids is 3. The lowest BCUT2D eigenvalue weighted by Crippen LogP contribution is -2.39. The minimum atomic E-state index is -0.243. The Labute approximate surface area is 109 Å². The van der Waals surface area contributed by atoms with Gasteiger partial charge in [-0.25, -0.2) is 0 Å². The van der Waals surface area contributed by atoms with E-state index in [2.05, 4.69) is 0 Å². The lowest BCUT2D eigenvalue weighted by Gasteiger charge is -2.23. The van der Waals surface area contributed by atoms with E-state index in [1.54, 1.807) is 24.3 Å². The highest BCUT2D eigenvalue weighted by Gasteiger charge is 2.26. The topological polar surface area (TPSA) is 54.5 Å². The van der Waals surface area contributed by atoms with Crippen LogP contribution in [-0.2, 0) is 4.79 Å². The van der Waals surface area contributed by atoms with Crippen LogP contribution in [0.4, 0.5) is 4.79 Å². The summed E-state index contributed by atoms with van der Waals surface area (Å²) >= 11 is 1.13. The Morgan fingerprint density at radius 3 is 2.61 bits per heavy atom. The van der Waals surface area contributed by atoms with Crippen molar-refractivity contribution in [2.75, 3.05) is 12.3 Å². The summed E-state index contributed by atoms with van der Waals surface area (Å²) in [4.78, 5) is 36.1. The van der Waals surface area contributed by atoms with Gasteiger partial charge in [0, 0.05) is 30.7 Å². The van der Waals surface area contributed by atoms with E-state index in [0.29, 0.717) is 17.7 Å². The number of benzene rings is 1. The predicted octanol–water partition coefficient (Wildman–Crippen LogP) is 2.34. The number of amides is 2. The highest BCUT2D eigenvalue weighted by atomic mass is 32.2. The molecule has 5 heteroatoms. The summed E-state index contributed by atoms with van der Waals surface area (Å²) < 4.78 is 0. The maximum Gasteiger partial charge on any atom is 0.288 e. The lowest BCUT2D eigenvalue weighted by molar-refractivity contribution is -0.127. The van der Waals surface area contributed by atoms with Crippen LogP contribution in [0, 0.1) is 0 Å². The highest BCUT2D eigenvalue weighted by molar-refractivity contribution is 8.13. The number of thioether (sulfide) groups is 1. The van der Waals surface area contributed by atoms with Crippen molar-refractivity contribution in [2.24, 2.45) is 0 Å². The molecule has 0 atom stereocenters. The molecular formula is C13H13NO3S. The van der Waals surface area contributed by atoms with Crippen LogP contribution >= 0.6 is 11.8 Å². The summed E-state index contributed by atoms with van der Waals surface area (Å²) in [5.41, 5.74) is 0.613. The van der Waals surface area contributed by atoms with Crippen LogP contribution in [-0.4, -0.2) is 34.1 Å². The molecule has 0 unspecified atom stereocenters. The molecule has 1 saturated heterocycles. The van der Waals surface area contributed by atoms with Gasteiger partial charge >= 0.3 is 0 Å². The first-order valence-corrected chi connectivity index (χ1v) is 6.72. The molecule has 0 saturated carbocycles. The van der Waals surface area contributed by atoms with Gasteiger partial charge in [0.2, 0.25) is 5.91 Å². The van der Waals surface area contributed by atoms with Gasteiger partial charge in [0.05, 0.1) is 0 Å². The average Bonchev–Trinajstić information content (AvgIpc) is 2.39. The number of carbonyl (C=O) groups is 3. The monoisotopic (exact) mass is 263 g/mol. The second-order valence-corrected chi connectivity index (χ2v) is 5.00. The van der Waals surface area contributed by atoms with Gasteiger partial charge < -0.3 is 0 Å². The van der Waals surface area contributed by atoms with Gasteiger partial charge in [0.25, 0.3) is 5.24 Å². The molecule has 0 aliphatic carbocycles. The predicted molar refractivity (Wildman–Crippen MR) is 69.6 cm³/mol. The van der Waals surface area contributed by atoms with Crippen LogP contribution < -0.4 is 0 Å². The summed E-state index contributed by atoms with van der Waals surface area (Å²) in [6.07, 6.45) is 0.554.